The summed E-state index contributed by atoms with van der Waals surface area (Å²) in [6.45, 7) is 0.333. The Labute approximate surface area is 139 Å². The quantitative estimate of drug-likeness (QED) is 0.509. The van der Waals surface area contributed by atoms with E-state index in [-0.39, 0.29) is 10.6 Å². The number of para-hydroxylation sites is 1. The molecule has 0 atom stereocenters. The van der Waals surface area contributed by atoms with Crippen molar-refractivity contribution in [2.75, 3.05) is 0 Å². The smallest absolute Gasteiger partial charge is 0.127 e. The van der Waals surface area contributed by atoms with Gasteiger partial charge in [0.1, 0.15) is 23.4 Å². The van der Waals surface area contributed by atoms with Crippen molar-refractivity contribution in [3.05, 3.63) is 70.3 Å². The van der Waals surface area contributed by atoms with E-state index >= 15 is 0 Å². The molecule has 5 heteroatoms. The molecule has 0 heterocycles. The van der Waals surface area contributed by atoms with Crippen LogP contribution in [0.4, 0.5) is 0 Å². The lowest BCUT2D eigenvalue weighted by Gasteiger charge is -2.10. The lowest BCUT2D eigenvalue weighted by molar-refractivity contribution is 0.305. The van der Waals surface area contributed by atoms with E-state index in [2.05, 4.69) is 0 Å². The van der Waals surface area contributed by atoms with Crippen LogP contribution in [-0.4, -0.2) is 4.99 Å². The van der Waals surface area contributed by atoms with Gasteiger partial charge in [0.05, 0.1) is 5.57 Å². The highest BCUT2D eigenvalue weighted by Crippen LogP contribution is 2.24. The van der Waals surface area contributed by atoms with Crippen LogP contribution >= 0.6 is 23.8 Å². The summed E-state index contributed by atoms with van der Waals surface area (Å²) in [4.78, 5) is 0.0587. The first-order valence-electron chi connectivity index (χ1n) is 6.48. The van der Waals surface area contributed by atoms with Crippen LogP contribution in [0.25, 0.3) is 6.08 Å². The summed E-state index contributed by atoms with van der Waals surface area (Å²) in [5.41, 5.74) is 7.37. The Morgan fingerprint density at radius 2 is 1.91 bits per heavy atom. The molecule has 0 spiro atoms. The van der Waals surface area contributed by atoms with E-state index in [1.807, 2.05) is 54.6 Å². The molecule has 3 nitrogen and oxygen atoms in total. The van der Waals surface area contributed by atoms with Gasteiger partial charge in [0, 0.05) is 16.1 Å². The molecule has 2 N–H and O–H groups in total. The van der Waals surface area contributed by atoms with Gasteiger partial charge < -0.3 is 10.5 Å². The van der Waals surface area contributed by atoms with Crippen molar-refractivity contribution >= 4 is 34.9 Å². The lowest BCUT2D eigenvalue weighted by Crippen LogP contribution is -2.09. The van der Waals surface area contributed by atoms with Crippen molar-refractivity contribution in [2.45, 2.75) is 6.61 Å². The first-order valence-corrected chi connectivity index (χ1v) is 7.27. The van der Waals surface area contributed by atoms with E-state index in [0.717, 1.165) is 11.1 Å². The van der Waals surface area contributed by atoms with Crippen LogP contribution in [0.5, 0.6) is 5.75 Å². The molecule has 22 heavy (non-hydrogen) atoms. The maximum absolute atomic E-state index is 9.05. The summed E-state index contributed by atoms with van der Waals surface area (Å²) in [6.07, 6.45) is 1.62. The third kappa shape index (κ3) is 4.08. The Kier molecular flexibility index (Phi) is 5.54. The summed E-state index contributed by atoms with van der Waals surface area (Å²) >= 11 is 11.0. The topological polar surface area (TPSA) is 59.0 Å². The van der Waals surface area contributed by atoms with Crippen LogP contribution in [-0.2, 0) is 6.61 Å². The van der Waals surface area contributed by atoms with E-state index in [4.69, 9.17) is 39.6 Å². The number of nitrogens with zero attached hydrogens (tertiary/aromatic N) is 1. The van der Waals surface area contributed by atoms with Gasteiger partial charge in [0.25, 0.3) is 0 Å². The minimum absolute atomic E-state index is 0.0587. The average molecular weight is 329 g/mol. The van der Waals surface area contributed by atoms with Gasteiger partial charge >= 0.3 is 0 Å². The molecule has 0 fully saturated rings. The average Bonchev–Trinajstić information content (AvgIpc) is 2.52. The van der Waals surface area contributed by atoms with E-state index < -0.39 is 0 Å². The molecule has 0 aliphatic carbocycles. The number of nitrogens with two attached hydrogens (primary N) is 1. The van der Waals surface area contributed by atoms with Crippen LogP contribution in [0.3, 0.4) is 0 Å². The van der Waals surface area contributed by atoms with E-state index in [9.17, 15) is 0 Å². The third-order valence-corrected chi connectivity index (χ3v) is 3.53. The van der Waals surface area contributed by atoms with E-state index in [1.54, 1.807) is 6.08 Å². The number of halogens is 1. The molecule has 0 bridgehead atoms. The fourth-order valence-electron chi connectivity index (χ4n) is 1.82. The molecule has 2 aromatic carbocycles. The second kappa shape index (κ2) is 7.60. The van der Waals surface area contributed by atoms with Crippen molar-refractivity contribution in [3.63, 3.8) is 0 Å². The zero-order chi connectivity index (χ0) is 15.9. The van der Waals surface area contributed by atoms with Crippen molar-refractivity contribution in [1.29, 1.82) is 5.26 Å². The van der Waals surface area contributed by atoms with Crippen molar-refractivity contribution < 1.29 is 4.74 Å². The number of nitriles is 1. The van der Waals surface area contributed by atoms with Crippen LogP contribution in [0.15, 0.2) is 54.1 Å². The van der Waals surface area contributed by atoms with E-state index in [0.29, 0.717) is 17.4 Å². The van der Waals surface area contributed by atoms with Crippen molar-refractivity contribution in [2.24, 2.45) is 5.73 Å². The third-order valence-electron chi connectivity index (χ3n) is 2.95. The predicted molar refractivity (Wildman–Crippen MR) is 92.6 cm³/mol. The fraction of sp³-hybridized carbons (Fsp3) is 0.0588. The summed E-state index contributed by atoms with van der Waals surface area (Å²) in [6, 6.07) is 16.8. The maximum atomic E-state index is 9.05. The molecular formula is C17H13ClN2OS. The maximum Gasteiger partial charge on any atom is 0.127 e. The first kappa shape index (κ1) is 16.0. The largest absolute Gasteiger partial charge is 0.488 e. The molecule has 2 aromatic rings. The van der Waals surface area contributed by atoms with Crippen LogP contribution in [0.2, 0.25) is 5.02 Å². The highest BCUT2D eigenvalue weighted by atomic mass is 35.5. The summed E-state index contributed by atoms with van der Waals surface area (Å²) in [5, 5.41) is 9.70. The zero-order valence-electron chi connectivity index (χ0n) is 11.6. The van der Waals surface area contributed by atoms with Gasteiger partial charge in [-0.3, -0.25) is 0 Å². The standard InChI is InChI=1S/C17H13ClN2OS/c18-15-7-3-1-6-13(15)11-21-16-8-4-2-5-12(16)9-14(10-19)17(20)22/h1-9H,11H2,(H2,20,22). The zero-order valence-corrected chi connectivity index (χ0v) is 13.2. The van der Waals surface area contributed by atoms with E-state index in [1.165, 1.54) is 0 Å². The van der Waals surface area contributed by atoms with Crippen LogP contribution in [0.1, 0.15) is 11.1 Å². The number of hydrogen-bond donors (Lipinski definition) is 1. The number of hydrogen-bond acceptors (Lipinski definition) is 3. The Bertz CT molecular complexity index is 765. The second-order valence-corrected chi connectivity index (χ2v) is 5.30. The molecule has 0 unspecified atom stereocenters. The summed E-state index contributed by atoms with van der Waals surface area (Å²) < 4.78 is 5.81. The number of ether oxygens (including phenoxy) is 1. The van der Waals surface area contributed by atoms with Gasteiger partial charge in [-0.25, -0.2) is 0 Å². The van der Waals surface area contributed by atoms with Gasteiger partial charge in [0.2, 0.25) is 0 Å². The minimum Gasteiger partial charge on any atom is -0.488 e. The second-order valence-electron chi connectivity index (χ2n) is 4.45. The van der Waals surface area contributed by atoms with Gasteiger partial charge in [-0.1, -0.05) is 60.2 Å². The SMILES string of the molecule is N#CC(=Cc1ccccc1OCc1ccccc1Cl)C(N)=S. The van der Waals surface area contributed by atoms with Gasteiger partial charge in [-0.15, -0.1) is 0 Å². The highest BCUT2D eigenvalue weighted by Gasteiger charge is 2.06. The van der Waals surface area contributed by atoms with Crippen LogP contribution in [0, 0.1) is 11.3 Å². The van der Waals surface area contributed by atoms with Crippen LogP contribution < -0.4 is 10.5 Å². The number of benzene rings is 2. The molecule has 0 aromatic heterocycles. The summed E-state index contributed by atoms with van der Waals surface area (Å²) in [7, 11) is 0. The van der Waals surface area contributed by atoms with Gasteiger partial charge in [-0.2, -0.15) is 5.26 Å². The van der Waals surface area contributed by atoms with Crippen molar-refractivity contribution in [1.82, 2.24) is 0 Å². The molecule has 0 aliphatic rings. The molecule has 0 radical (unpaired) electrons. The molecule has 110 valence electrons. The molecule has 0 amide bonds. The molecule has 0 saturated heterocycles. The number of thiocarbonyl (C=S) groups is 1. The Balaban J connectivity index is 2.24. The van der Waals surface area contributed by atoms with Gasteiger partial charge in [0.15, 0.2) is 0 Å². The normalized spacial score (nSPS) is 10.8. The highest BCUT2D eigenvalue weighted by molar-refractivity contribution is 7.80. The molecule has 2 rings (SSSR count). The predicted octanol–water partition coefficient (Wildman–Crippen LogP) is 4.11. The Hall–Kier alpha value is -2.35. The minimum atomic E-state index is 0.0587. The van der Waals surface area contributed by atoms with Gasteiger partial charge in [-0.05, 0) is 18.2 Å². The Morgan fingerprint density at radius 1 is 1.23 bits per heavy atom. The van der Waals surface area contributed by atoms with Crippen molar-refractivity contribution in [3.8, 4) is 11.8 Å². The fourth-order valence-corrected chi connectivity index (χ4v) is 2.11. The molecule has 0 saturated carbocycles. The summed E-state index contributed by atoms with van der Waals surface area (Å²) in [5.74, 6) is 0.631. The monoisotopic (exact) mass is 328 g/mol. The molecule has 0 aliphatic heterocycles. The lowest BCUT2D eigenvalue weighted by atomic mass is 10.1. The molecular weight excluding hydrogens is 316 g/mol. The Morgan fingerprint density at radius 3 is 2.59 bits per heavy atom. The first-order chi connectivity index (χ1) is 10.6. The number of rotatable bonds is 5.